The highest BCUT2D eigenvalue weighted by atomic mass is 19.4. The summed E-state index contributed by atoms with van der Waals surface area (Å²) in [5, 5.41) is 0.482. The van der Waals surface area contributed by atoms with Gasteiger partial charge in [-0.25, -0.2) is 4.79 Å². The molecule has 0 N–H and O–H groups in total. The van der Waals surface area contributed by atoms with Crippen molar-refractivity contribution in [3.8, 4) is 0 Å². The molecule has 1 heterocycles. The minimum Gasteiger partial charge on any atom is -0.329 e. The monoisotopic (exact) mass is 211 g/mol. The average molecular weight is 211 g/mol. The van der Waals surface area contributed by atoms with Crippen LogP contribution in [0.3, 0.4) is 0 Å². The topological polar surface area (TPSA) is 46.6 Å². The van der Waals surface area contributed by atoms with Crippen molar-refractivity contribution >= 4 is 11.9 Å². The van der Waals surface area contributed by atoms with Crippen molar-refractivity contribution < 1.29 is 27.6 Å². The van der Waals surface area contributed by atoms with E-state index in [1.165, 1.54) is 6.92 Å². The van der Waals surface area contributed by atoms with Gasteiger partial charge in [0, 0.05) is 6.42 Å². The van der Waals surface area contributed by atoms with Crippen LogP contribution in [-0.4, -0.2) is 29.2 Å². The van der Waals surface area contributed by atoms with E-state index in [9.17, 15) is 22.8 Å². The van der Waals surface area contributed by atoms with E-state index in [0.29, 0.717) is 11.5 Å². The van der Waals surface area contributed by atoms with Crippen molar-refractivity contribution in [3.05, 3.63) is 0 Å². The molecule has 0 bridgehead atoms. The van der Waals surface area contributed by atoms with E-state index in [-0.39, 0.29) is 6.42 Å². The molecule has 1 unspecified atom stereocenters. The van der Waals surface area contributed by atoms with E-state index in [1.807, 2.05) is 0 Å². The van der Waals surface area contributed by atoms with Gasteiger partial charge in [0.2, 0.25) is 0 Å². The van der Waals surface area contributed by atoms with Gasteiger partial charge in [-0.2, -0.15) is 18.2 Å². The summed E-state index contributed by atoms with van der Waals surface area (Å²) in [4.78, 5) is 25.2. The molecule has 0 saturated carbocycles. The van der Waals surface area contributed by atoms with Gasteiger partial charge in [-0.15, -0.1) is 0 Å². The summed E-state index contributed by atoms with van der Waals surface area (Å²) in [6.07, 6.45) is -4.57. The molecule has 1 amide bonds. The molecule has 14 heavy (non-hydrogen) atoms. The first kappa shape index (κ1) is 10.8. The predicted molar refractivity (Wildman–Crippen MR) is 37.7 cm³/mol. The van der Waals surface area contributed by atoms with Crippen molar-refractivity contribution in [2.24, 2.45) is 0 Å². The van der Waals surface area contributed by atoms with E-state index >= 15 is 0 Å². The van der Waals surface area contributed by atoms with E-state index in [2.05, 4.69) is 4.84 Å². The van der Waals surface area contributed by atoms with Crippen molar-refractivity contribution in [1.82, 2.24) is 5.06 Å². The van der Waals surface area contributed by atoms with E-state index in [4.69, 9.17) is 0 Å². The number of nitrogens with zero attached hydrogens (tertiary/aromatic N) is 1. The van der Waals surface area contributed by atoms with Crippen LogP contribution in [0.15, 0.2) is 0 Å². The molecule has 0 spiro atoms. The third-order valence-corrected chi connectivity index (χ3v) is 1.83. The number of amides is 1. The molecule has 1 rings (SSSR count). The molecule has 1 fully saturated rings. The summed E-state index contributed by atoms with van der Waals surface area (Å²) < 4.78 is 35.2. The van der Waals surface area contributed by atoms with Crippen LogP contribution in [0.1, 0.15) is 19.8 Å². The van der Waals surface area contributed by atoms with Gasteiger partial charge in [0.15, 0.2) is 0 Å². The molecule has 0 aromatic rings. The summed E-state index contributed by atoms with van der Waals surface area (Å²) in [6, 6.07) is -0.492. The lowest BCUT2D eigenvalue weighted by atomic mass is 10.3. The van der Waals surface area contributed by atoms with E-state index in [0.717, 1.165) is 0 Å². The summed E-state index contributed by atoms with van der Waals surface area (Å²) >= 11 is 0. The molecule has 1 saturated heterocycles. The third-order valence-electron chi connectivity index (χ3n) is 1.83. The maximum Gasteiger partial charge on any atom is 0.493 e. The molecular formula is C7H8F3NO3. The normalized spacial score (nSPS) is 22.7. The Morgan fingerprint density at radius 1 is 1.57 bits per heavy atom. The molecule has 80 valence electrons. The molecule has 1 aliphatic rings. The zero-order chi connectivity index (χ0) is 10.9. The van der Waals surface area contributed by atoms with Crippen molar-refractivity contribution in [3.63, 3.8) is 0 Å². The number of hydrogen-bond acceptors (Lipinski definition) is 3. The maximum atomic E-state index is 11.7. The van der Waals surface area contributed by atoms with Gasteiger partial charge in [-0.05, 0) is 13.3 Å². The van der Waals surface area contributed by atoms with E-state index in [1.54, 1.807) is 0 Å². The lowest BCUT2D eigenvalue weighted by Crippen LogP contribution is -2.38. The second-order valence-electron chi connectivity index (χ2n) is 2.98. The van der Waals surface area contributed by atoms with Crippen LogP contribution >= 0.6 is 0 Å². The fraction of sp³-hybridized carbons (Fsp3) is 0.714. The fourth-order valence-electron chi connectivity index (χ4n) is 1.09. The Kier molecular flexibility index (Phi) is 2.68. The zero-order valence-corrected chi connectivity index (χ0v) is 7.30. The number of rotatable bonds is 1. The Morgan fingerprint density at radius 2 is 2.14 bits per heavy atom. The molecule has 1 aliphatic heterocycles. The number of hydrogen-bond donors (Lipinski definition) is 0. The highest BCUT2D eigenvalue weighted by Crippen LogP contribution is 2.22. The Morgan fingerprint density at radius 3 is 2.50 bits per heavy atom. The number of alkyl halides is 3. The number of carbonyl (C=O) groups is 2. The van der Waals surface area contributed by atoms with Gasteiger partial charge in [0.1, 0.15) is 0 Å². The van der Waals surface area contributed by atoms with Crippen LogP contribution in [0.2, 0.25) is 0 Å². The van der Waals surface area contributed by atoms with Crippen LogP contribution < -0.4 is 0 Å². The minimum absolute atomic E-state index is 0.103. The number of halogens is 3. The summed E-state index contributed by atoms with van der Waals surface area (Å²) in [6.45, 7) is 1.51. The van der Waals surface area contributed by atoms with Crippen molar-refractivity contribution in [1.29, 1.82) is 0 Å². The van der Waals surface area contributed by atoms with Crippen molar-refractivity contribution in [2.45, 2.75) is 32.0 Å². The number of hydroxylamine groups is 2. The Hall–Kier alpha value is -1.27. The summed E-state index contributed by atoms with van der Waals surface area (Å²) in [7, 11) is 0. The summed E-state index contributed by atoms with van der Waals surface area (Å²) in [5.74, 6) is -2.96. The van der Waals surface area contributed by atoms with E-state index < -0.39 is 24.1 Å². The molecule has 0 aromatic carbocycles. The second-order valence-corrected chi connectivity index (χ2v) is 2.98. The van der Waals surface area contributed by atoms with Crippen LogP contribution in [0.25, 0.3) is 0 Å². The number of carbonyl (C=O) groups excluding carboxylic acids is 2. The zero-order valence-electron chi connectivity index (χ0n) is 7.30. The Labute approximate surface area is 77.6 Å². The molecule has 7 heteroatoms. The maximum absolute atomic E-state index is 11.7. The van der Waals surface area contributed by atoms with Crippen molar-refractivity contribution in [2.75, 3.05) is 0 Å². The predicted octanol–water partition coefficient (Wildman–Crippen LogP) is 1.02. The summed E-state index contributed by atoms with van der Waals surface area (Å²) in [5.41, 5.74) is 0. The van der Waals surface area contributed by atoms with Crippen LogP contribution in [0.5, 0.6) is 0 Å². The van der Waals surface area contributed by atoms with Gasteiger partial charge < -0.3 is 4.84 Å². The quantitative estimate of drug-likeness (QED) is 0.650. The van der Waals surface area contributed by atoms with Crippen LogP contribution in [-0.2, 0) is 14.4 Å². The largest absolute Gasteiger partial charge is 0.493 e. The highest BCUT2D eigenvalue weighted by Gasteiger charge is 2.45. The SMILES string of the molecule is CC1CCC(=O)N1OC(=O)C(F)(F)F. The average Bonchev–Trinajstić information content (AvgIpc) is 2.34. The molecular weight excluding hydrogens is 203 g/mol. The van der Waals surface area contributed by atoms with Gasteiger partial charge >= 0.3 is 12.1 Å². The Balaban J connectivity index is 2.60. The molecule has 0 radical (unpaired) electrons. The molecule has 1 atom stereocenters. The first-order valence-corrected chi connectivity index (χ1v) is 3.93. The fourth-order valence-corrected chi connectivity index (χ4v) is 1.09. The lowest BCUT2D eigenvalue weighted by Gasteiger charge is -2.20. The third kappa shape index (κ3) is 2.15. The van der Waals surface area contributed by atoms with Gasteiger partial charge in [-0.1, -0.05) is 0 Å². The van der Waals surface area contributed by atoms with Gasteiger partial charge in [0.25, 0.3) is 5.91 Å². The second kappa shape index (κ2) is 3.47. The van der Waals surface area contributed by atoms with Crippen LogP contribution in [0.4, 0.5) is 13.2 Å². The molecule has 0 aromatic heterocycles. The first-order chi connectivity index (χ1) is 6.32. The smallest absolute Gasteiger partial charge is 0.329 e. The lowest BCUT2D eigenvalue weighted by molar-refractivity contribution is -0.238. The van der Waals surface area contributed by atoms with Gasteiger partial charge in [0.05, 0.1) is 6.04 Å². The Bertz CT molecular complexity index is 263. The van der Waals surface area contributed by atoms with Gasteiger partial charge in [-0.3, -0.25) is 4.79 Å². The first-order valence-electron chi connectivity index (χ1n) is 3.93. The minimum atomic E-state index is -5.07. The molecule has 0 aliphatic carbocycles. The van der Waals surface area contributed by atoms with Crippen LogP contribution in [0, 0.1) is 0 Å². The standard InChI is InChI=1S/C7H8F3NO3/c1-4-2-3-5(12)11(4)14-6(13)7(8,9)10/h4H,2-3H2,1H3. The highest BCUT2D eigenvalue weighted by molar-refractivity contribution is 5.81. The molecule has 4 nitrogen and oxygen atoms in total.